The molecule has 1 aromatic rings. The van der Waals surface area contributed by atoms with E-state index in [0.717, 1.165) is 16.7 Å². The molecule has 0 saturated heterocycles. The van der Waals surface area contributed by atoms with Gasteiger partial charge in [0.2, 0.25) is 0 Å². The number of aryl methyl sites for hydroxylation is 3. The average molecular weight is 221 g/mol. The molecule has 0 spiro atoms. The highest BCUT2D eigenvalue weighted by Crippen LogP contribution is 2.25. The number of hydrogen-bond donors (Lipinski definition) is 0. The fourth-order valence-electron chi connectivity index (χ4n) is 1.83. The fourth-order valence-corrected chi connectivity index (χ4v) is 1.99. The Morgan fingerprint density at radius 3 is 2.07 bits per heavy atom. The largest absolute Gasteiger partial charge is 0.275 e. The van der Waals surface area contributed by atoms with Gasteiger partial charge < -0.3 is 0 Å². The Bertz CT molecular complexity index is 442. The number of rotatable bonds is 2. The second-order valence-electron chi connectivity index (χ2n) is 3.60. The highest BCUT2D eigenvalue weighted by atomic mass is 35.5. The van der Waals surface area contributed by atoms with Crippen LogP contribution in [0.15, 0.2) is 24.4 Å². The van der Waals surface area contributed by atoms with E-state index in [1.165, 1.54) is 5.56 Å². The molecule has 0 aromatic heterocycles. The van der Waals surface area contributed by atoms with Crippen molar-refractivity contribution in [3.05, 3.63) is 46.7 Å². The molecule has 1 nitrogen and oxygen atoms in total. The van der Waals surface area contributed by atoms with E-state index >= 15 is 0 Å². The molecule has 0 aliphatic rings. The zero-order valence-corrected chi connectivity index (χ0v) is 9.90. The lowest BCUT2D eigenvalue weighted by Crippen LogP contribution is -1.99. The zero-order chi connectivity index (χ0) is 11.6. The van der Waals surface area contributed by atoms with Crippen molar-refractivity contribution < 1.29 is 4.79 Å². The summed E-state index contributed by atoms with van der Waals surface area (Å²) < 4.78 is 0. The molecule has 1 rings (SSSR count). The van der Waals surface area contributed by atoms with E-state index in [2.05, 4.69) is 12.3 Å². The molecule has 0 fully saturated rings. The van der Waals surface area contributed by atoms with Gasteiger partial charge in [0.05, 0.1) is 5.57 Å². The molecule has 15 heavy (non-hydrogen) atoms. The van der Waals surface area contributed by atoms with Crippen LogP contribution >= 0.6 is 11.6 Å². The van der Waals surface area contributed by atoms with Crippen molar-refractivity contribution in [3.63, 3.8) is 0 Å². The van der Waals surface area contributed by atoms with Crippen molar-refractivity contribution in [2.24, 2.45) is 0 Å². The molecule has 0 atom stereocenters. The molecule has 1 aromatic carbocycles. The van der Waals surface area contributed by atoms with Crippen molar-refractivity contribution in [1.29, 1.82) is 0 Å². The van der Waals surface area contributed by atoms with Crippen LogP contribution in [0, 0.1) is 20.8 Å². The Morgan fingerprint density at radius 1 is 1.27 bits per heavy atom. The summed E-state index contributed by atoms with van der Waals surface area (Å²) in [6.45, 7) is 9.42. The average Bonchev–Trinajstić information content (AvgIpc) is 2.09. The number of allylic oxidation sites excluding steroid dienone is 1. The van der Waals surface area contributed by atoms with Crippen LogP contribution in [0.25, 0.3) is 5.57 Å². The Hall–Kier alpha value is -1.30. The molecule has 0 heterocycles. The molecule has 2 heteroatoms. The predicted molar refractivity (Wildman–Crippen MR) is 64.1 cm³/mol. The maximum atomic E-state index is 11.2. The van der Waals surface area contributed by atoms with Crippen LogP contribution in [0.2, 0.25) is 0 Å². The Kier molecular flexibility index (Phi) is 3.52. The Morgan fingerprint density at radius 2 is 1.73 bits per heavy atom. The van der Waals surface area contributed by atoms with Gasteiger partial charge in [-0.1, -0.05) is 24.3 Å². The van der Waals surface area contributed by atoms with E-state index in [1.807, 2.05) is 32.9 Å². The number of carbonyl (C=O) groups excluding carboxylic acids is 1. The minimum Gasteiger partial charge on any atom is -0.275 e. The van der Waals surface area contributed by atoms with Gasteiger partial charge in [0.1, 0.15) is 0 Å². The predicted octanol–water partition coefficient (Wildman–Crippen LogP) is 3.55. The van der Waals surface area contributed by atoms with E-state index in [-0.39, 0.29) is 0 Å². The standard InChI is InChI=1S/C13H13ClO/c1-5-11(13(14)15)12-9(3)6-8(2)7-10(12)4/h6-7H,1H2,2-4H3. The SMILES string of the molecule is C=C=C(C(=O)Cl)c1c(C)cc(C)cc1C. The number of benzene rings is 1. The molecule has 0 radical (unpaired) electrons. The lowest BCUT2D eigenvalue weighted by atomic mass is 9.95. The number of hydrogen-bond acceptors (Lipinski definition) is 1. The summed E-state index contributed by atoms with van der Waals surface area (Å²) in [4.78, 5) is 11.2. The first-order valence-corrected chi connectivity index (χ1v) is 5.03. The summed E-state index contributed by atoms with van der Waals surface area (Å²) in [6.07, 6.45) is 0. The van der Waals surface area contributed by atoms with Gasteiger partial charge in [0, 0.05) is 5.56 Å². The highest BCUT2D eigenvalue weighted by Gasteiger charge is 2.13. The lowest BCUT2D eigenvalue weighted by Gasteiger charge is -2.10. The number of carbonyl (C=O) groups is 1. The quantitative estimate of drug-likeness (QED) is 0.423. The van der Waals surface area contributed by atoms with Crippen LogP contribution in [0.3, 0.4) is 0 Å². The summed E-state index contributed by atoms with van der Waals surface area (Å²) in [7, 11) is 0. The highest BCUT2D eigenvalue weighted by molar-refractivity contribution is 6.74. The van der Waals surface area contributed by atoms with E-state index < -0.39 is 5.24 Å². The maximum Gasteiger partial charge on any atom is 0.260 e. The summed E-state index contributed by atoms with van der Waals surface area (Å²) >= 11 is 5.48. The molecule has 0 unspecified atom stereocenters. The normalized spacial score (nSPS) is 9.60. The van der Waals surface area contributed by atoms with Crippen LogP contribution in [-0.2, 0) is 4.79 Å². The first-order valence-electron chi connectivity index (χ1n) is 4.65. The third-order valence-electron chi connectivity index (χ3n) is 2.30. The Labute approximate surface area is 95.1 Å². The van der Waals surface area contributed by atoms with Gasteiger partial charge in [-0.05, 0) is 43.5 Å². The van der Waals surface area contributed by atoms with Crippen LogP contribution < -0.4 is 0 Å². The fraction of sp³-hybridized carbons (Fsp3) is 0.231. The third-order valence-corrected chi connectivity index (χ3v) is 2.49. The minimum atomic E-state index is -0.514. The molecular formula is C13H13ClO. The van der Waals surface area contributed by atoms with E-state index in [4.69, 9.17) is 11.6 Å². The molecule has 0 amide bonds. The topological polar surface area (TPSA) is 17.1 Å². The van der Waals surface area contributed by atoms with E-state index in [1.54, 1.807) is 0 Å². The molecule has 0 aliphatic heterocycles. The molecule has 0 bridgehead atoms. The molecular weight excluding hydrogens is 208 g/mol. The first-order chi connectivity index (χ1) is 6.97. The van der Waals surface area contributed by atoms with Gasteiger partial charge in [0.15, 0.2) is 0 Å². The van der Waals surface area contributed by atoms with Crippen LogP contribution in [0.4, 0.5) is 0 Å². The van der Waals surface area contributed by atoms with Gasteiger partial charge in [-0.15, -0.1) is 5.73 Å². The third kappa shape index (κ3) is 2.38. The van der Waals surface area contributed by atoms with Gasteiger partial charge >= 0.3 is 0 Å². The molecule has 78 valence electrons. The van der Waals surface area contributed by atoms with Crippen LogP contribution in [0.5, 0.6) is 0 Å². The number of halogens is 1. The van der Waals surface area contributed by atoms with Crippen molar-refractivity contribution in [2.45, 2.75) is 20.8 Å². The van der Waals surface area contributed by atoms with Crippen LogP contribution in [0.1, 0.15) is 22.3 Å². The molecule has 0 saturated carbocycles. The van der Waals surface area contributed by atoms with E-state index in [9.17, 15) is 4.79 Å². The minimum absolute atomic E-state index is 0.353. The Balaban J connectivity index is 3.50. The van der Waals surface area contributed by atoms with Crippen molar-refractivity contribution >= 4 is 22.4 Å². The smallest absolute Gasteiger partial charge is 0.260 e. The second kappa shape index (κ2) is 4.48. The van der Waals surface area contributed by atoms with Gasteiger partial charge in [-0.3, -0.25) is 4.79 Å². The summed E-state index contributed by atoms with van der Waals surface area (Å²) in [6, 6.07) is 4.03. The van der Waals surface area contributed by atoms with Gasteiger partial charge in [-0.2, -0.15) is 0 Å². The van der Waals surface area contributed by atoms with Crippen LogP contribution in [-0.4, -0.2) is 5.24 Å². The van der Waals surface area contributed by atoms with Gasteiger partial charge in [0.25, 0.3) is 5.24 Å². The summed E-state index contributed by atoms with van der Waals surface area (Å²) in [5, 5.41) is -0.514. The maximum absolute atomic E-state index is 11.2. The monoisotopic (exact) mass is 220 g/mol. The van der Waals surface area contributed by atoms with E-state index in [0.29, 0.717) is 5.57 Å². The molecule has 0 aliphatic carbocycles. The van der Waals surface area contributed by atoms with Crippen molar-refractivity contribution in [3.8, 4) is 0 Å². The lowest BCUT2D eigenvalue weighted by molar-refractivity contribution is -0.106. The van der Waals surface area contributed by atoms with Crippen molar-refractivity contribution in [2.75, 3.05) is 0 Å². The first kappa shape index (κ1) is 11.8. The molecule has 0 N–H and O–H groups in total. The summed E-state index contributed by atoms with van der Waals surface area (Å²) in [5.74, 6) is 0. The van der Waals surface area contributed by atoms with Crippen molar-refractivity contribution in [1.82, 2.24) is 0 Å². The second-order valence-corrected chi connectivity index (χ2v) is 3.94. The summed E-state index contributed by atoms with van der Waals surface area (Å²) in [5.41, 5.74) is 7.01. The zero-order valence-electron chi connectivity index (χ0n) is 9.15. The van der Waals surface area contributed by atoms with Gasteiger partial charge in [-0.25, -0.2) is 0 Å².